The van der Waals surface area contributed by atoms with Gasteiger partial charge in [-0.05, 0) is 43.6 Å². The Morgan fingerprint density at radius 3 is 2.44 bits per heavy atom. The number of aliphatic hydroxyl groups excluding tert-OH is 1. The Bertz CT molecular complexity index is 339. The van der Waals surface area contributed by atoms with Crippen LogP contribution in [0, 0.1) is 11.7 Å². The SMILES string of the molecule is CC.CN1CCC(c2ccc(F)cc2)C(CO)C1. The Morgan fingerprint density at radius 2 is 1.89 bits per heavy atom. The first-order valence-corrected chi connectivity index (χ1v) is 6.75. The number of halogens is 1. The lowest BCUT2D eigenvalue weighted by Gasteiger charge is -2.36. The molecule has 0 spiro atoms. The Labute approximate surface area is 109 Å². The molecule has 2 atom stereocenters. The van der Waals surface area contributed by atoms with Crippen LogP contribution in [0.25, 0.3) is 0 Å². The molecule has 0 saturated carbocycles. The van der Waals surface area contributed by atoms with Gasteiger partial charge in [0, 0.05) is 19.1 Å². The Balaban J connectivity index is 0.000000771. The third-order valence-electron chi connectivity index (χ3n) is 3.47. The van der Waals surface area contributed by atoms with Crippen LogP contribution in [0.3, 0.4) is 0 Å². The highest BCUT2D eigenvalue weighted by atomic mass is 19.1. The zero-order chi connectivity index (χ0) is 13.5. The van der Waals surface area contributed by atoms with Crippen LogP contribution < -0.4 is 0 Å². The Morgan fingerprint density at radius 1 is 1.28 bits per heavy atom. The van der Waals surface area contributed by atoms with E-state index in [1.165, 1.54) is 12.1 Å². The highest BCUT2D eigenvalue weighted by Gasteiger charge is 2.28. The minimum absolute atomic E-state index is 0.197. The zero-order valence-corrected chi connectivity index (χ0v) is 11.6. The monoisotopic (exact) mass is 253 g/mol. The summed E-state index contributed by atoms with van der Waals surface area (Å²) in [5.74, 6) is 0.434. The van der Waals surface area contributed by atoms with Crippen molar-refractivity contribution in [1.82, 2.24) is 4.90 Å². The molecule has 1 fully saturated rings. The van der Waals surface area contributed by atoms with Crippen molar-refractivity contribution in [3.63, 3.8) is 0 Å². The molecule has 2 nitrogen and oxygen atoms in total. The van der Waals surface area contributed by atoms with Crippen LogP contribution in [-0.4, -0.2) is 36.8 Å². The van der Waals surface area contributed by atoms with Gasteiger partial charge in [0.2, 0.25) is 0 Å². The number of hydrogen-bond acceptors (Lipinski definition) is 2. The summed E-state index contributed by atoms with van der Waals surface area (Å²) < 4.78 is 12.8. The molecule has 0 radical (unpaired) electrons. The lowest BCUT2D eigenvalue weighted by Crippen LogP contribution is -2.38. The van der Waals surface area contributed by atoms with Crippen LogP contribution in [0.5, 0.6) is 0 Å². The van der Waals surface area contributed by atoms with Gasteiger partial charge >= 0.3 is 0 Å². The van der Waals surface area contributed by atoms with Gasteiger partial charge in [0.1, 0.15) is 5.82 Å². The molecule has 1 saturated heterocycles. The standard InChI is InChI=1S/C13H18FNO.C2H6/c1-15-7-6-13(11(8-15)9-16)10-2-4-12(14)5-3-10;1-2/h2-5,11,13,16H,6-9H2,1H3;1-2H3. The molecule has 2 rings (SSSR count). The van der Waals surface area contributed by atoms with E-state index in [2.05, 4.69) is 11.9 Å². The van der Waals surface area contributed by atoms with E-state index in [1.807, 2.05) is 26.0 Å². The first-order valence-electron chi connectivity index (χ1n) is 6.75. The minimum Gasteiger partial charge on any atom is -0.396 e. The molecular weight excluding hydrogens is 229 g/mol. The van der Waals surface area contributed by atoms with Crippen LogP contribution in [-0.2, 0) is 0 Å². The first kappa shape index (κ1) is 15.1. The molecule has 0 bridgehead atoms. The lowest BCUT2D eigenvalue weighted by molar-refractivity contribution is 0.118. The minimum atomic E-state index is -0.197. The van der Waals surface area contributed by atoms with Crippen molar-refractivity contribution in [2.75, 3.05) is 26.7 Å². The van der Waals surface area contributed by atoms with Gasteiger partial charge < -0.3 is 10.0 Å². The van der Waals surface area contributed by atoms with Crippen LogP contribution >= 0.6 is 0 Å². The van der Waals surface area contributed by atoms with Gasteiger partial charge in [0.15, 0.2) is 0 Å². The maximum atomic E-state index is 12.8. The summed E-state index contributed by atoms with van der Waals surface area (Å²) in [7, 11) is 2.07. The van der Waals surface area contributed by atoms with Crippen molar-refractivity contribution in [2.45, 2.75) is 26.2 Å². The Kier molecular flexibility index (Phi) is 6.30. The summed E-state index contributed by atoms with van der Waals surface area (Å²) in [5.41, 5.74) is 1.15. The smallest absolute Gasteiger partial charge is 0.123 e. The molecule has 1 heterocycles. The summed E-state index contributed by atoms with van der Waals surface area (Å²) >= 11 is 0. The number of rotatable bonds is 2. The molecule has 1 aliphatic heterocycles. The van der Waals surface area contributed by atoms with E-state index in [4.69, 9.17) is 0 Å². The average Bonchev–Trinajstić information content (AvgIpc) is 2.42. The summed E-state index contributed by atoms with van der Waals surface area (Å²) in [4.78, 5) is 2.24. The Hall–Kier alpha value is -0.930. The van der Waals surface area contributed by atoms with Gasteiger partial charge in [0.05, 0.1) is 0 Å². The second-order valence-electron chi connectivity index (χ2n) is 4.65. The molecule has 2 unspecified atom stereocenters. The third-order valence-corrected chi connectivity index (χ3v) is 3.47. The average molecular weight is 253 g/mol. The number of benzene rings is 1. The fourth-order valence-corrected chi connectivity index (χ4v) is 2.55. The molecular formula is C15H24FNO. The molecule has 0 amide bonds. The van der Waals surface area contributed by atoms with E-state index < -0.39 is 0 Å². The molecule has 0 aromatic heterocycles. The number of nitrogens with zero attached hydrogens (tertiary/aromatic N) is 1. The third kappa shape index (κ3) is 3.79. The largest absolute Gasteiger partial charge is 0.396 e. The van der Waals surface area contributed by atoms with E-state index in [-0.39, 0.29) is 18.3 Å². The summed E-state index contributed by atoms with van der Waals surface area (Å²) in [6, 6.07) is 6.69. The molecule has 1 N–H and O–H groups in total. The normalized spacial score (nSPS) is 24.3. The van der Waals surface area contributed by atoms with E-state index in [1.54, 1.807) is 0 Å². The highest BCUT2D eigenvalue weighted by Crippen LogP contribution is 2.32. The lowest BCUT2D eigenvalue weighted by atomic mass is 9.81. The predicted molar refractivity (Wildman–Crippen MR) is 73.2 cm³/mol. The number of aliphatic hydroxyl groups is 1. The predicted octanol–water partition coefficient (Wildman–Crippen LogP) is 2.88. The van der Waals surface area contributed by atoms with Crippen molar-refractivity contribution < 1.29 is 9.50 Å². The van der Waals surface area contributed by atoms with Crippen molar-refractivity contribution in [1.29, 1.82) is 0 Å². The molecule has 1 aromatic carbocycles. The summed E-state index contributed by atoms with van der Waals surface area (Å²) in [6.07, 6.45) is 1.04. The fraction of sp³-hybridized carbons (Fsp3) is 0.600. The highest BCUT2D eigenvalue weighted by molar-refractivity contribution is 5.22. The van der Waals surface area contributed by atoms with Crippen LogP contribution in [0.4, 0.5) is 4.39 Å². The van der Waals surface area contributed by atoms with Crippen LogP contribution in [0.1, 0.15) is 31.7 Å². The van der Waals surface area contributed by atoms with E-state index in [9.17, 15) is 9.50 Å². The van der Waals surface area contributed by atoms with Gasteiger partial charge in [-0.2, -0.15) is 0 Å². The van der Waals surface area contributed by atoms with Crippen LogP contribution in [0.2, 0.25) is 0 Å². The fourth-order valence-electron chi connectivity index (χ4n) is 2.55. The molecule has 1 aliphatic rings. The first-order chi connectivity index (χ1) is 8.70. The maximum absolute atomic E-state index is 12.8. The number of hydrogen-bond donors (Lipinski definition) is 1. The van der Waals surface area contributed by atoms with E-state index in [0.29, 0.717) is 5.92 Å². The summed E-state index contributed by atoms with van der Waals surface area (Å²) in [6.45, 7) is 6.16. The summed E-state index contributed by atoms with van der Waals surface area (Å²) in [5, 5.41) is 9.39. The molecule has 18 heavy (non-hydrogen) atoms. The quantitative estimate of drug-likeness (QED) is 0.876. The molecule has 0 aliphatic carbocycles. The van der Waals surface area contributed by atoms with Gasteiger partial charge in [-0.3, -0.25) is 0 Å². The maximum Gasteiger partial charge on any atom is 0.123 e. The van der Waals surface area contributed by atoms with E-state index in [0.717, 1.165) is 25.1 Å². The van der Waals surface area contributed by atoms with Crippen molar-refractivity contribution in [3.05, 3.63) is 35.6 Å². The topological polar surface area (TPSA) is 23.5 Å². The molecule has 3 heteroatoms. The molecule has 102 valence electrons. The van der Waals surface area contributed by atoms with E-state index >= 15 is 0 Å². The van der Waals surface area contributed by atoms with Crippen molar-refractivity contribution in [3.8, 4) is 0 Å². The van der Waals surface area contributed by atoms with Gasteiger partial charge in [0.25, 0.3) is 0 Å². The number of piperidine rings is 1. The van der Waals surface area contributed by atoms with Crippen LogP contribution in [0.15, 0.2) is 24.3 Å². The van der Waals surface area contributed by atoms with Gasteiger partial charge in [-0.15, -0.1) is 0 Å². The van der Waals surface area contributed by atoms with Crippen molar-refractivity contribution >= 4 is 0 Å². The zero-order valence-electron chi connectivity index (χ0n) is 11.6. The van der Waals surface area contributed by atoms with Gasteiger partial charge in [-0.25, -0.2) is 4.39 Å². The second-order valence-corrected chi connectivity index (χ2v) is 4.65. The van der Waals surface area contributed by atoms with Gasteiger partial charge in [-0.1, -0.05) is 26.0 Å². The second kappa shape index (κ2) is 7.49. The van der Waals surface area contributed by atoms with Crippen molar-refractivity contribution in [2.24, 2.45) is 5.92 Å². The number of likely N-dealkylation sites (tertiary alicyclic amines) is 1. The molecule has 1 aromatic rings.